The summed E-state index contributed by atoms with van der Waals surface area (Å²) in [5.74, 6) is -0.687. The molecule has 0 aromatic heterocycles. The zero-order chi connectivity index (χ0) is 14.7. The second kappa shape index (κ2) is 5.94. The highest BCUT2D eigenvalue weighted by Crippen LogP contribution is 2.18. The lowest BCUT2D eigenvalue weighted by Crippen LogP contribution is -2.38. The summed E-state index contributed by atoms with van der Waals surface area (Å²) in [7, 11) is 0. The van der Waals surface area contributed by atoms with Crippen LogP contribution in [0.1, 0.15) is 35.7 Å². The van der Waals surface area contributed by atoms with Crippen LogP contribution >= 0.6 is 0 Å². The van der Waals surface area contributed by atoms with Gasteiger partial charge in [-0.3, -0.25) is 4.79 Å². The number of anilines is 1. The van der Waals surface area contributed by atoms with Crippen molar-refractivity contribution in [2.24, 2.45) is 0 Å². The fourth-order valence-electron chi connectivity index (χ4n) is 2.33. The number of amides is 1. The van der Waals surface area contributed by atoms with Crippen LogP contribution in [0, 0.1) is 6.92 Å². The van der Waals surface area contributed by atoms with E-state index < -0.39 is 12.1 Å². The first-order chi connectivity index (χ1) is 9.50. The van der Waals surface area contributed by atoms with E-state index in [1.807, 2.05) is 13.0 Å². The lowest BCUT2D eigenvalue weighted by Gasteiger charge is -2.20. The van der Waals surface area contributed by atoms with Crippen LogP contribution in [0.3, 0.4) is 0 Å². The predicted octanol–water partition coefficient (Wildman–Crippen LogP) is 1.74. The van der Waals surface area contributed by atoms with Gasteiger partial charge in [-0.1, -0.05) is 12.1 Å². The Morgan fingerprint density at radius 1 is 1.30 bits per heavy atom. The van der Waals surface area contributed by atoms with Gasteiger partial charge in [0.2, 0.25) is 0 Å². The maximum atomic E-state index is 12.1. The van der Waals surface area contributed by atoms with Crippen molar-refractivity contribution in [2.75, 3.05) is 18.8 Å². The van der Waals surface area contributed by atoms with E-state index in [4.69, 9.17) is 10.5 Å². The normalized spacial score (nSPS) is 16.0. The Bertz CT molecular complexity index is 522. The summed E-state index contributed by atoms with van der Waals surface area (Å²) in [4.78, 5) is 25.9. The van der Waals surface area contributed by atoms with E-state index in [1.54, 1.807) is 24.0 Å². The first-order valence-corrected chi connectivity index (χ1v) is 6.85. The van der Waals surface area contributed by atoms with E-state index in [-0.39, 0.29) is 5.91 Å². The molecule has 0 saturated carbocycles. The molecule has 1 aromatic rings. The van der Waals surface area contributed by atoms with Crippen molar-refractivity contribution in [3.05, 3.63) is 29.3 Å². The van der Waals surface area contributed by atoms with Crippen molar-refractivity contribution in [3.8, 4) is 0 Å². The summed E-state index contributed by atoms with van der Waals surface area (Å²) in [5, 5.41) is 0. The first-order valence-electron chi connectivity index (χ1n) is 6.85. The fourth-order valence-corrected chi connectivity index (χ4v) is 2.33. The van der Waals surface area contributed by atoms with E-state index in [1.165, 1.54) is 0 Å². The lowest BCUT2D eigenvalue weighted by molar-refractivity contribution is -0.138. The molecule has 0 aliphatic carbocycles. The molecule has 1 aliphatic rings. The summed E-state index contributed by atoms with van der Waals surface area (Å²) < 4.78 is 5.24. The molecule has 1 unspecified atom stereocenters. The minimum Gasteiger partial charge on any atom is -0.449 e. The van der Waals surface area contributed by atoms with Gasteiger partial charge < -0.3 is 15.4 Å². The molecule has 2 N–H and O–H groups in total. The van der Waals surface area contributed by atoms with Crippen LogP contribution in [0.2, 0.25) is 0 Å². The minimum absolute atomic E-state index is 0.137. The van der Waals surface area contributed by atoms with Gasteiger partial charge in [-0.05, 0) is 38.3 Å². The maximum absolute atomic E-state index is 12.1. The molecule has 0 radical (unpaired) electrons. The van der Waals surface area contributed by atoms with E-state index >= 15 is 0 Å². The van der Waals surface area contributed by atoms with Crippen LogP contribution in [0.25, 0.3) is 0 Å². The largest absolute Gasteiger partial charge is 0.449 e. The van der Waals surface area contributed by atoms with E-state index in [2.05, 4.69) is 0 Å². The zero-order valence-electron chi connectivity index (χ0n) is 11.9. The topological polar surface area (TPSA) is 72.6 Å². The number of ether oxygens (including phenoxy) is 1. The molecule has 1 aliphatic heterocycles. The number of carbonyl (C=O) groups is 2. The smallest absolute Gasteiger partial charge is 0.341 e. The van der Waals surface area contributed by atoms with Gasteiger partial charge in [0.25, 0.3) is 5.91 Å². The number of nitrogen functional groups attached to an aromatic ring is 1. The van der Waals surface area contributed by atoms with Crippen molar-refractivity contribution in [2.45, 2.75) is 32.8 Å². The highest BCUT2D eigenvalue weighted by atomic mass is 16.5. The molecule has 5 heteroatoms. The summed E-state index contributed by atoms with van der Waals surface area (Å²) in [5.41, 5.74) is 7.39. The second-order valence-corrected chi connectivity index (χ2v) is 5.12. The Hall–Kier alpha value is -2.04. The van der Waals surface area contributed by atoms with Gasteiger partial charge in [0, 0.05) is 18.8 Å². The Morgan fingerprint density at radius 2 is 1.95 bits per heavy atom. The van der Waals surface area contributed by atoms with E-state index in [9.17, 15) is 9.59 Å². The van der Waals surface area contributed by atoms with Crippen LogP contribution in [0.15, 0.2) is 18.2 Å². The molecule has 20 heavy (non-hydrogen) atoms. The number of esters is 1. The van der Waals surface area contributed by atoms with E-state index in [0.717, 1.165) is 31.5 Å². The molecule has 1 amide bonds. The number of hydrogen-bond donors (Lipinski definition) is 1. The molecule has 2 rings (SSSR count). The molecule has 1 saturated heterocycles. The van der Waals surface area contributed by atoms with Crippen LogP contribution in [0.4, 0.5) is 5.69 Å². The number of likely N-dealkylation sites (tertiary alicyclic amines) is 1. The SMILES string of the molecule is Cc1cccc(C(=O)OC(C)C(=O)N2CCCC2)c1N. The fraction of sp³-hybridized carbons (Fsp3) is 0.467. The van der Waals surface area contributed by atoms with Gasteiger partial charge >= 0.3 is 5.97 Å². The molecule has 0 bridgehead atoms. The van der Waals surface area contributed by atoms with Crippen LogP contribution < -0.4 is 5.73 Å². The van der Waals surface area contributed by atoms with Crippen molar-refractivity contribution in [1.29, 1.82) is 0 Å². The summed E-state index contributed by atoms with van der Waals surface area (Å²) in [6.07, 6.45) is 1.24. The molecule has 1 heterocycles. The highest BCUT2D eigenvalue weighted by Gasteiger charge is 2.26. The van der Waals surface area contributed by atoms with Gasteiger partial charge in [0.05, 0.1) is 5.56 Å². The Morgan fingerprint density at radius 3 is 2.60 bits per heavy atom. The highest BCUT2D eigenvalue weighted by molar-refractivity contribution is 5.97. The van der Waals surface area contributed by atoms with Crippen molar-refractivity contribution in [3.63, 3.8) is 0 Å². The van der Waals surface area contributed by atoms with Crippen molar-refractivity contribution in [1.82, 2.24) is 4.90 Å². The quantitative estimate of drug-likeness (QED) is 0.674. The molecular weight excluding hydrogens is 256 g/mol. The number of aryl methyl sites for hydroxylation is 1. The van der Waals surface area contributed by atoms with Crippen LogP contribution in [-0.2, 0) is 9.53 Å². The number of hydrogen-bond acceptors (Lipinski definition) is 4. The number of rotatable bonds is 3. The summed E-state index contributed by atoms with van der Waals surface area (Å²) in [6.45, 7) is 4.91. The average Bonchev–Trinajstić information content (AvgIpc) is 2.94. The Balaban J connectivity index is 2.03. The summed E-state index contributed by atoms with van der Waals surface area (Å²) >= 11 is 0. The second-order valence-electron chi connectivity index (χ2n) is 5.12. The molecule has 0 spiro atoms. The molecule has 108 valence electrons. The summed E-state index contributed by atoms with van der Waals surface area (Å²) in [6, 6.07) is 5.18. The number of nitrogens with two attached hydrogens (primary N) is 1. The molecule has 1 fully saturated rings. The number of carbonyl (C=O) groups excluding carboxylic acids is 2. The van der Waals surface area contributed by atoms with Crippen molar-refractivity contribution < 1.29 is 14.3 Å². The molecule has 5 nitrogen and oxygen atoms in total. The third kappa shape index (κ3) is 2.92. The average molecular weight is 276 g/mol. The molecule has 1 atom stereocenters. The third-order valence-corrected chi connectivity index (χ3v) is 3.59. The van der Waals surface area contributed by atoms with Gasteiger partial charge in [-0.2, -0.15) is 0 Å². The van der Waals surface area contributed by atoms with Gasteiger partial charge in [0.1, 0.15) is 0 Å². The maximum Gasteiger partial charge on any atom is 0.341 e. The molecule has 1 aromatic carbocycles. The van der Waals surface area contributed by atoms with Crippen molar-refractivity contribution >= 4 is 17.6 Å². The van der Waals surface area contributed by atoms with Gasteiger partial charge in [-0.15, -0.1) is 0 Å². The lowest BCUT2D eigenvalue weighted by atomic mass is 10.1. The third-order valence-electron chi connectivity index (χ3n) is 3.59. The van der Waals surface area contributed by atoms with Crippen LogP contribution in [-0.4, -0.2) is 36.0 Å². The zero-order valence-corrected chi connectivity index (χ0v) is 11.9. The van der Waals surface area contributed by atoms with Gasteiger partial charge in [-0.25, -0.2) is 4.79 Å². The van der Waals surface area contributed by atoms with Gasteiger partial charge in [0.15, 0.2) is 6.10 Å². The standard InChI is InChI=1S/C15H20N2O3/c1-10-6-5-7-12(13(10)16)15(19)20-11(2)14(18)17-8-3-4-9-17/h5-7,11H,3-4,8-9,16H2,1-2H3. The Kier molecular flexibility index (Phi) is 4.27. The first kappa shape index (κ1) is 14.4. The van der Waals surface area contributed by atoms with Crippen LogP contribution in [0.5, 0.6) is 0 Å². The van der Waals surface area contributed by atoms with E-state index in [0.29, 0.717) is 11.3 Å². The predicted molar refractivity (Wildman–Crippen MR) is 76.3 cm³/mol. The number of para-hydroxylation sites is 1. The number of benzene rings is 1. The number of nitrogens with zero attached hydrogens (tertiary/aromatic N) is 1. The molecular formula is C15H20N2O3. The Labute approximate surface area is 118 Å². The monoisotopic (exact) mass is 276 g/mol. The minimum atomic E-state index is -0.777.